The molecule has 0 saturated carbocycles. The van der Waals surface area contributed by atoms with Crippen molar-refractivity contribution in [2.24, 2.45) is 0 Å². The molecule has 1 fully saturated rings. The smallest absolute Gasteiger partial charge is 0.325 e. The normalized spacial score (nSPS) is 19.2. The molecule has 1 aliphatic heterocycles. The number of amides is 3. The molecule has 31 heavy (non-hydrogen) atoms. The van der Waals surface area contributed by atoms with Crippen LogP contribution in [0.15, 0.2) is 84.9 Å². The van der Waals surface area contributed by atoms with Gasteiger partial charge in [-0.2, -0.15) is 0 Å². The van der Waals surface area contributed by atoms with Gasteiger partial charge in [0.1, 0.15) is 24.0 Å². The number of carbonyl (C=O) groups excluding carboxylic acids is 2. The number of imide groups is 1. The summed E-state index contributed by atoms with van der Waals surface area (Å²) >= 11 is 0. The number of ether oxygens (including phenoxy) is 1. The van der Waals surface area contributed by atoms with Crippen molar-refractivity contribution in [2.45, 2.75) is 18.6 Å². The van der Waals surface area contributed by atoms with E-state index in [0.29, 0.717) is 11.3 Å². The summed E-state index contributed by atoms with van der Waals surface area (Å²) in [5.41, 5.74) is 1.72. The van der Waals surface area contributed by atoms with Crippen LogP contribution in [0.25, 0.3) is 11.1 Å². The van der Waals surface area contributed by atoms with Crippen LogP contribution in [0, 0.1) is 0 Å². The van der Waals surface area contributed by atoms with E-state index in [9.17, 15) is 14.7 Å². The molecule has 0 radical (unpaired) electrons. The van der Waals surface area contributed by atoms with Gasteiger partial charge in [0, 0.05) is 0 Å². The molecule has 6 heteroatoms. The molecule has 158 valence electrons. The van der Waals surface area contributed by atoms with E-state index in [1.807, 2.05) is 72.8 Å². The van der Waals surface area contributed by atoms with E-state index in [1.54, 1.807) is 19.1 Å². The summed E-state index contributed by atoms with van der Waals surface area (Å²) in [4.78, 5) is 26.3. The van der Waals surface area contributed by atoms with E-state index in [1.165, 1.54) is 0 Å². The fraction of sp³-hybridized carbons (Fsp3) is 0.200. The van der Waals surface area contributed by atoms with Crippen LogP contribution in [0.2, 0.25) is 0 Å². The Morgan fingerprint density at radius 2 is 1.48 bits per heavy atom. The van der Waals surface area contributed by atoms with Crippen molar-refractivity contribution in [1.29, 1.82) is 0 Å². The molecule has 2 atom stereocenters. The third kappa shape index (κ3) is 4.29. The molecule has 0 aliphatic carbocycles. The maximum atomic E-state index is 12.9. The van der Waals surface area contributed by atoms with Gasteiger partial charge in [-0.3, -0.25) is 9.69 Å². The molecule has 1 heterocycles. The summed E-state index contributed by atoms with van der Waals surface area (Å²) in [6.07, 6.45) is -1.01. The topological polar surface area (TPSA) is 78.9 Å². The number of aliphatic hydroxyl groups is 1. The van der Waals surface area contributed by atoms with Crippen LogP contribution in [-0.2, 0) is 10.3 Å². The average Bonchev–Trinajstić information content (AvgIpc) is 3.03. The van der Waals surface area contributed by atoms with Gasteiger partial charge in [0.2, 0.25) is 0 Å². The summed E-state index contributed by atoms with van der Waals surface area (Å²) in [6.45, 7) is 1.48. The molecule has 3 amide bonds. The standard InChI is InChI=1S/C25H24N2O4/c1-25(20-10-6-3-7-11-20)23(29)27(24(30)26-25)16-21(28)17-31-22-14-12-19(13-15-22)18-8-4-2-5-9-18/h2-15,21,28H,16-17H2,1H3,(H,26,30). The first-order chi connectivity index (χ1) is 15.0. The predicted molar refractivity (Wildman–Crippen MR) is 117 cm³/mol. The minimum atomic E-state index is -1.15. The number of carbonyl (C=O) groups is 2. The van der Waals surface area contributed by atoms with Crippen LogP contribution in [0.1, 0.15) is 12.5 Å². The third-order valence-electron chi connectivity index (χ3n) is 5.42. The monoisotopic (exact) mass is 416 g/mol. The second-order valence-corrected chi connectivity index (χ2v) is 7.69. The second-order valence-electron chi connectivity index (χ2n) is 7.69. The number of β-amino-alcohol motifs (C(OH)–C–C–N with tert-alkyl or cyclic N) is 1. The summed E-state index contributed by atoms with van der Waals surface area (Å²) in [5, 5.41) is 13.1. The SMILES string of the molecule is CC1(c2ccccc2)NC(=O)N(CC(O)COc2ccc(-c3ccccc3)cc2)C1=O. The number of aliphatic hydroxyl groups excluding tert-OH is 1. The van der Waals surface area contributed by atoms with E-state index in [2.05, 4.69) is 5.32 Å². The van der Waals surface area contributed by atoms with Crippen molar-refractivity contribution in [3.8, 4) is 16.9 Å². The molecule has 0 bridgehead atoms. The second kappa shape index (κ2) is 8.62. The van der Waals surface area contributed by atoms with Crippen molar-refractivity contribution < 1.29 is 19.4 Å². The van der Waals surface area contributed by atoms with E-state index in [4.69, 9.17) is 4.74 Å². The van der Waals surface area contributed by atoms with Gasteiger partial charge in [0.15, 0.2) is 0 Å². The molecule has 1 saturated heterocycles. The average molecular weight is 416 g/mol. The van der Waals surface area contributed by atoms with Gasteiger partial charge in [-0.25, -0.2) is 4.79 Å². The van der Waals surface area contributed by atoms with Gasteiger partial charge in [0.05, 0.1) is 6.54 Å². The highest BCUT2D eigenvalue weighted by Gasteiger charge is 2.49. The predicted octanol–water partition coefficient (Wildman–Crippen LogP) is 3.56. The number of nitrogens with one attached hydrogen (secondary N) is 1. The maximum Gasteiger partial charge on any atom is 0.325 e. The molecule has 4 rings (SSSR count). The Morgan fingerprint density at radius 3 is 2.13 bits per heavy atom. The summed E-state index contributed by atoms with van der Waals surface area (Å²) < 4.78 is 5.66. The van der Waals surface area contributed by atoms with Crippen LogP contribution < -0.4 is 10.1 Å². The van der Waals surface area contributed by atoms with Crippen molar-refractivity contribution in [3.63, 3.8) is 0 Å². The summed E-state index contributed by atoms with van der Waals surface area (Å²) in [6, 6.07) is 26.1. The zero-order valence-electron chi connectivity index (χ0n) is 17.2. The zero-order chi connectivity index (χ0) is 21.8. The van der Waals surface area contributed by atoms with Gasteiger partial charge in [-0.1, -0.05) is 72.8 Å². The largest absolute Gasteiger partial charge is 0.491 e. The lowest BCUT2D eigenvalue weighted by atomic mass is 9.92. The number of hydrogen-bond acceptors (Lipinski definition) is 4. The highest BCUT2D eigenvalue weighted by Crippen LogP contribution is 2.29. The maximum absolute atomic E-state index is 12.9. The first kappa shape index (κ1) is 20.6. The Morgan fingerprint density at radius 1 is 0.903 bits per heavy atom. The molecule has 3 aromatic rings. The van der Waals surface area contributed by atoms with Gasteiger partial charge in [-0.15, -0.1) is 0 Å². The lowest BCUT2D eigenvalue weighted by molar-refractivity contribution is -0.132. The molecular formula is C25H24N2O4. The fourth-order valence-electron chi connectivity index (χ4n) is 3.66. The number of nitrogens with zero attached hydrogens (tertiary/aromatic N) is 1. The zero-order valence-corrected chi connectivity index (χ0v) is 17.2. The van der Waals surface area contributed by atoms with E-state index < -0.39 is 23.6 Å². The van der Waals surface area contributed by atoms with Crippen LogP contribution in [0.5, 0.6) is 5.75 Å². The van der Waals surface area contributed by atoms with Crippen LogP contribution in [0.4, 0.5) is 4.79 Å². The first-order valence-corrected chi connectivity index (χ1v) is 10.1. The number of hydrogen-bond donors (Lipinski definition) is 2. The van der Waals surface area contributed by atoms with Gasteiger partial charge in [0.25, 0.3) is 5.91 Å². The molecule has 0 spiro atoms. The van der Waals surface area contributed by atoms with Crippen molar-refractivity contribution in [2.75, 3.05) is 13.2 Å². The van der Waals surface area contributed by atoms with Gasteiger partial charge >= 0.3 is 6.03 Å². The molecule has 2 N–H and O–H groups in total. The Labute approximate surface area is 181 Å². The van der Waals surface area contributed by atoms with Crippen molar-refractivity contribution in [1.82, 2.24) is 10.2 Å². The minimum Gasteiger partial charge on any atom is -0.491 e. The number of urea groups is 1. The molecular weight excluding hydrogens is 392 g/mol. The lowest BCUT2D eigenvalue weighted by Gasteiger charge is -2.23. The lowest BCUT2D eigenvalue weighted by Crippen LogP contribution is -2.42. The Balaban J connectivity index is 1.35. The van der Waals surface area contributed by atoms with Crippen LogP contribution >= 0.6 is 0 Å². The Bertz CT molecular complexity index is 1050. The van der Waals surface area contributed by atoms with Crippen LogP contribution in [-0.4, -0.2) is 41.2 Å². The number of rotatable bonds is 7. The van der Waals surface area contributed by atoms with Crippen molar-refractivity contribution in [3.05, 3.63) is 90.5 Å². The molecule has 3 aromatic carbocycles. The summed E-state index contributed by atoms with van der Waals surface area (Å²) in [7, 11) is 0. The third-order valence-corrected chi connectivity index (χ3v) is 5.42. The Hall–Kier alpha value is -3.64. The quantitative estimate of drug-likeness (QED) is 0.578. The first-order valence-electron chi connectivity index (χ1n) is 10.1. The van der Waals surface area contributed by atoms with E-state index in [0.717, 1.165) is 16.0 Å². The number of benzene rings is 3. The molecule has 6 nitrogen and oxygen atoms in total. The van der Waals surface area contributed by atoms with Gasteiger partial charge in [-0.05, 0) is 35.7 Å². The van der Waals surface area contributed by atoms with Gasteiger partial charge < -0.3 is 15.2 Å². The fourth-order valence-corrected chi connectivity index (χ4v) is 3.66. The highest BCUT2D eigenvalue weighted by atomic mass is 16.5. The molecule has 2 unspecified atom stereocenters. The van der Waals surface area contributed by atoms with Crippen molar-refractivity contribution >= 4 is 11.9 Å². The minimum absolute atomic E-state index is 0.0379. The molecule has 1 aliphatic rings. The van der Waals surface area contributed by atoms with E-state index >= 15 is 0 Å². The summed E-state index contributed by atoms with van der Waals surface area (Å²) in [5.74, 6) is 0.208. The Kier molecular flexibility index (Phi) is 5.73. The highest BCUT2D eigenvalue weighted by molar-refractivity contribution is 6.07. The molecule has 0 aromatic heterocycles. The van der Waals surface area contributed by atoms with E-state index in [-0.39, 0.29) is 13.2 Å². The van der Waals surface area contributed by atoms with Crippen LogP contribution in [0.3, 0.4) is 0 Å².